The summed E-state index contributed by atoms with van der Waals surface area (Å²) in [6.45, 7) is 6.83. The number of hydrogen-bond acceptors (Lipinski definition) is 5. The predicted molar refractivity (Wildman–Crippen MR) is 133 cm³/mol. The van der Waals surface area contributed by atoms with Gasteiger partial charge >= 0.3 is 0 Å². The molecule has 3 aliphatic rings. The Morgan fingerprint density at radius 3 is 2.80 bits per heavy atom. The number of quaternary nitrogens is 1. The fourth-order valence-electron chi connectivity index (χ4n) is 6.20. The fraction of sp³-hybridized carbons (Fsp3) is 0.407. The van der Waals surface area contributed by atoms with Crippen LogP contribution in [0.1, 0.15) is 30.1 Å². The van der Waals surface area contributed by atoms with Crippen LogP contribution in [-0.4, -0.2) is 52.9 Å². The molecular formula is C27H31Cl2N3O3. The summed E-state index contributed by atoms with van der Waals surface area (Å²) in [6, 6.07) is 11.7. The highest BCUT2D eigenvalue weighted by atomic mass is 35.5. The van der Waals surface area contributed by atoms with Crippen molar-refractivity contribution in [2.45, 2.75) is 31.5 Å². The van der Waals surface area contributed by atoms with Crippen LogP contribution in [0.2, 0.25) is 5.15 Å². The number of ether oxygens (including phenoxy) is 2. The number of rotatable bonds is 7. The third-order valence-electron chi connectivity index (χ3n) is 7.88. The second-order valence-corrected chi connectivity index (χ2v) is 9.99. The van der Waals surface area contributed by atoms with Gasteiger partial charge in [0.25, 0.3) is 0 Å². The number of pyridine rings is 2. The molecule has 35 heavy (non-hydrogen) atoms. The van der Waals surface area contributed by atoms with E-state index in [0.29, 0.717) is 22.9 Å². The first-order valence-electron chi connectivity index (χ1n) is 11.8. The van der Waals surface area contributed by atoms with E-state index in [-0.39, 0.29) is 18.4 Å². The molecule has 0 amide bonds. The van der Waals surface area contributed by atoms with Crippen molar-refractivity contribution in [2.75, 3.05) is 27.3 Å². The van der Waals surface area contributed by atoms with Crippen molar-refractivity contribution in [3.63, 3.8) is 0 Å². The number of benzene rings is 1. The van der Waals surface area contributed by atoms with E-state index in [1.165, 1.54) is 0 Å². The van der Waals surface area contributed by atoms with Crippen molar-refractivity contribution in [1.82, 2.24) is 9.97 Å². The molecule has 186 valence electrons. The van der Waals surface area contributed by atoms with Crippen molar-refractivity contribution < 1.29 is 31.5 Å². The number of nitrogens with zero attached hydrogens (tertiary/aromatic N) is 3. The Balaban J connectivity index is 0.00000289. The van der Waals surface area contributed by atoms with E-state index >= 15 is 0 Å². The molecule has 3 aromatic rings. The first-order valence-corrected chi connectivity index (χ1v) is 12.1. The van der Waals surface area contributed by atoms with Gasteiger partial charge in [0.1, 0.15) is 29.6 Å². The Morgan fingerprint density at radius 1 is 1.23 bits per heavy atom. The maximum Gasteiger partial charge on any atom is 0.214 e. The van der Waals surface area contributed by atoms with E-state index < -0.39 is 6.10 Å². The molecule has 0 aliphatic carbocycles. The average Bonchev–Trinajstić information content (AvgIpc) is 2.87. The van der Waals surface area contributed by atoms with E-state index in [1.54, 1.807) is 20.4 Å². The molecule has 1 N–H and O–H groups in total. The minimum Gasteiger partial charge on any atom is -1.00 e. The lowest BCUT2D eigenvalue weighted by atomic mass is 9.71. The fourth-order valence-corrected chi connectivity index (χ4v) is 6.43. The van der Waals surface area contributed by atoms with E-state index in [2.05, 4.69) is 22.6 Å². The number of aliphatic hydroxyl groups is 1. The summed E-state index contributed by atoms with van der Waals surface area (Å²) in [4.78, 5) is 8.75. The highest BCUT2D eigenvalue weighted by Crippen LogP contribution is 2.48. The van der Waals surface area contributed by atoms with E-state index in [9.17, 15) is 5.11 Å². The second-order valence-electron chi connectivity index (χ2n) is 9.60. The quantitative estimate of drug-likeness (QED) is 0.296. The van der Waals surface area contributed by atoms with Gasteiger partial charge in [-0.25, -0.2) is 4.98 Å². The highest BCUT2D eigenvalue weighted by Gasteiger charge is 2.54. The molecule has 3 aliphatic heterocycles. The molecule has 3 fully saturated rings. The third kappa shape index (κ3) is 4.73. The summed E-state index contributed by atoms with van der Waals surface area (Å²) < 4.78 is 11.6. The number of halogens is 2. The van der Waals surface area contributed by atoms with Crippen LogP contribution in [-0.2, 0) is 6.54 Å². The van der Waals surface area contributed by atoms with Crippen LogP contribution < -0.4 is 21.9 Å². The molecule has 3 saturated heterocycles. The molecule has 6 rings (SSSR count). The summed E-state index contributed by atoms with van der Waals surface area (Å²) in [6.07, 6.45) is 5.33. The van der Waals surface area contributed by atoms with Crippen molar-refractivity contribution in [3.8, 4) is 11.6 Å². The Morgan fingerprint density at radius 2 is 2.06 bits per heavy atom. The number of methoxy groups -OCH3 is 2. The lowest BCUT2D eigenvalue weighted by molar-refractivity contribution is -0.984. The largest absolute Gasteiger partial charge is 1.00 e. The Labute approximate surface area is 217 Å². The van der Waals surface area contributed by atoms with Crippen LogP contribution in [0.25, 0.3) is 10.9 Å². The minimum absolute atomic E-state index is 0. The molecule has 0 saturated carbocycles. The summed E-state index contributed by atoms with van der Waals surface area (Å²) in [5.41, 5.74) is 2.83. The number of fused-ring (bicyclic) bond motifs is 4. The van der Waals surface area contributed by atoms with Crippen LogP contribution in [0.3, 0.4) is 0 Å². The van der Waals surface area contributed by atoms with Crippen molar-refractivity contribution in [3.05, 3.63) is 71.5 Å². The van der Waals surface area contributed by atoms with E-state index in [4.69, 9.17) is 21.1 Å². The van der Waals surface area contributed by atoms with Crippen LogP contribution in [0.15, 0.2) is 55.3 Å². The van der Waals surface area contributed by atoms with Gasteiger partial charge in [-0.2, -0.15) is 0 Å². The maximum absolute atomic E-state index is 11.9. The zero-order valence-corrected chi connectivity index (χ0v) is 21.5. The summed E-state index contributed by atoms with van der Waals surface area (Å²) in [7, 11) is 3.26. The van der Waals surface area contributed by atoms with Crippen LogP contribution in [0.5, 0.6) is 11.6 Å². The summed E-state index contributed by atoms with van der Waals surface area (Å²) in [5.74, 6) is 2.24. The van der Waals surface area contributed by atoms with Crippen molar-refractivity contribution >= 4 is 22.5 Å². The monoisotopic (exact) mass is 515 g/mol. The normalized spacial score (nSPS) is 26.1. The van der Waals surface area contributed by atoms with Gasteiger partial charge < -0.3 is 31.5 Å². The summed E-state index contributed by atoms with van der Waals surface area (Å²) in [5, 5.41) is 13.3. The lowest BCUT2D eigenvalue weighted by Crippen LogP contribution is -3.00. The molecule has 6 nitrogen and oxygen atoms in total. The van der Waals surface area contributed by atoms with Gasteiger partial charge in [-0.05, 0) is 41.8 Å². The Kier molecular flexibility index (Phi) is 7.57. The predicted octanol–water partition coefficient (Wildman–Crippen LogP) is 1.95. The van der Waals surface area contributed by atoms with Gasteiger partial charge in [-0.3, -0.25) is 4.98 Å². The smallest absolute Gasteiger partial charge is 0.214 e. The van der Waals surface area contributed by atoms with E-state index in [1.807, 2.05) is 36.4 Å². The first-order chi connectivity index (χ1) is 16.5. The third-order valence-corrected chi connectivity index (χ3v) is 8.07. The lowest BCUT2D eigenvalue weighted by Gasteiger charge is -2.58. The molecule has 2 bridgehead atoms. The second kappa shape index (κ2) is 10.3. The SMILES string of the molecule is C=C[C@H]1C[N+]2(Cc3cc(Cl)nc(OC)c3)CC[C@H]1C[C@H]2C(O)c1ccnc2ccc(OC)cc12.[Cl-]. The molecule has 2 aromatic heterocycles. The highest BCUT2D eigenvalue weighted by molar-refractivity contribution is 6.29. The van der Waals surface area contributed by atoms with Gasteiger partial charge in [0.05, 0.1) is 32.8 Å². The number of aliphatic hydroxyl groups excluding tert-OH is 1. The Hall–Kier alpha value is -2.38. The van der Waals surface area contributed by atoms with Crippen molar-refractivity contribution in [1.29, 1.82) is 0 Å². The Bertz CT molecular complexity index is 1220. The number of piperidine rings is 3. The molecule has 2 unspecified atom stereocenters. The molecule has 1 aromatic carbocycles. The molecule has 8 heteroatoms. The zero-order valence-electron chi connectivity index (χ0n) is 20.0. The molecular weight excluding hydrogens is 485 g/mol. The van der Waals surface area contributed by atoms with Gasteiger partial charge in [0.15, 0.2) is 0 Å². The topological polar surface area (TPSA) is 64.5 Å². The van der Waals surface area contributed by atoms with Crippen LogP contribution in [0.4, 0.5) is 0 Å². The average molecular weight is 516 g/mol. The minimum atomic E-state index is -0.634. The number of hydrogen-bond donors (Lipinski definition) is 1. The summed E-state index contributed by atoms with van der Waals surface area (Å²) >= 11 is 6.31. The maximum atomic E-state index is 11.9. The van der Waals surface area contributed by atoms with Crippen molar-refractivity contribution in [2.24, 2.45) is 11.8 Å². The number of aromatic nitrogens is 2. The molecule has 0 radical (unpaired) electrons. The van der Waals surface area contributed by atoms with Crippen LogP contribution >= 0.6 is 11.6 Å². The first kappa shape index (κ1) is 25.7. The molecule has 0 spiro atoms. The molecule has 5 heterocycles. The van der Waals surface area contributed by atoms with Gasteiger partial charge in [0.2, 0.25) is 5.88 Å². The van der Waals surface area contributed by atoms with E-state index in [0.717, 1.165) is 64.7 Å². The van der Waals surface area contributed by atoms with Crippen LogP contribution in [0, 0.1) is 11.8 Å². The standard InChI is InChI=1S/C27H31ClN3O3.ClH/c1-4-18-16-31(15-17-11-25(28)30-26(12-17)34-3)10-8-19(18)13-24(31)27(32)21-7-9-29-23-6-5-20(33-2)14-22(21)23;/h4-7,9,11-12,14,18-19,24,27,32H,1,8,10,13,15-16H2,2-3H3;1H/q+1;/p-1/t18-,19-,24-,27?,31?;/m0./s1. The van der Waals surface area contributed by atoms with Gasteiger partial charge in [-0.1, -0.05) is 17.7 Å². The van der Waals surface area contributed by atoms with Gasteiger partial charge in [0, 0.05) is 42.0 Å². The molecule has 5 atom stereocenters. The zero-order chi connectivity index (χ0) is 23.9. The van der Waals surface area contributed by atoms with Gasteiger partial charge in [-0.15, -0.1) is 6.58 Å².